The lowest BCUT2D eigenvalue weighted by Gasteiger charge is -2.53. The van der Waals surface area contributed by atoms with Crippen LogP contribution in [0.5, 0.6) is 0 Å². The van der Waals surface area contributed by atoms with Crippen molar-refractivity contribution in [1.82, 2.24) is 9.80 Å². The Kier molecular flexibility index (Phi) is 3.26. The number of likely N-dealkylation sites (tertiary alicyclic amines) is 2. The first-order chi connectivity index (χ1) is 11.5. The standard InChI is InChI=1S/C17H19N3O4/c21-14-8-11-1-2-12(7-13(11)18-14)15(22)20-9-17(10-20)3-5-19(6-4-17)16(23)24/h1-2,7H,3-6,8-10H2,(H,18,21)(H,23,24). The third kappa shape index (κ3) is 2.40. The number of nitrogens with zero attached hydrogens (tertiary/aromatic N) is 2. The summed E-state index contributed by atoms with van der Waals surface area (Å²) in [7, 11) is 0. The van der Waals surface area contributed by atoms with E-state index in [1.807, 2.05) is 11.0 Å². The fourth-order valence-electron chi connectivity index (χ4n) is 3.93. The van der Waals surface area contributed by atoms with Crippen LogP contribution in [-0.2, 0) is 11.2 Å². The molecule has 2 saturated heterocycles. The van der Waals surface area contributed by atoms with Gasteiger partial charge in [0.05, 0.1) is 6.42 Å². The van der Waals surface area contributed by atoms with Gasteiger partial charge in [-0.3, -0.25) is 9.59 Å². The molecule has 0 aromatic heterocycles. The molecule has 7 nitrogen and oxygen atoms in total. The van der Waals surface area contributed by atoms with E-state index in [0.29, 0.717) is 38.2 Å². The first-order valence-corrected chi connectivity index (χ1v) is 8.16. The number of hydrogen-bond donors (Lipinski definition) is 2. The number of anilines is 1. The number of benzene rings is 1. The highest BCUT2D eigenvalue weighted by molar-refractivity contribution is 6.02. The van der Waals surface area contributed by atoms with Crippen molar-refractivity contribution in [2.45, 2.75) is 19.3 Å². The van der Waals surface area contributed by atoms with Gasteiger partial charge in [0.2, 0.25) is 5.91 Å². The van der Waals surface area contributed by atoms with E-state index in [2.05, 4.69) is 5.32 Å². The minimum atomic E-state index is -0.864. The summed E-state index contributed by atoms with van der Waals surface area (Å²) in [6.45, 7) is 2.45. The highest BCUT2D eigenvalue weighted by Gasteiger charge is 2.47. The van der Waals surface area contributed by atoms with E-state index in [4.69, 9.17) is 5.11 Å². The third-order valence-corrected chi connectivity index (χ3v) is 5.42. The van der Waals surface area contributed by atoms with Crippen LogP contribution in [0.4, 0.5) is 10.5 Å². The van der Waals surface area contributed by atoms with E-state index in [1.165, 1.54) is 4.90 Å². The van der Waals surface area contributed by atoms with Crippen LogP contribution in [0.15, 0.2) is 18.2 Å². The number of carbonyl (C=O) groups is 3. The molecule has 126 valence electrons. The molecule has 7 heteroatoms. The van der Waals surface area contributed by atoms with Crippen LogP contribution < -0.4 is 5.32 Å². The van der Waals surface area contributed by atoms with Gasteiger partial charge >= 0.3 is 6.09 Å². The fourth-order valence-corrected chi connectivity index (χ4v) is 3.93. The Hall–Kier alpha value is -2.57. The maximum Gasteiger partial charge on any atom is 0.407 e. The summed E-state index contributed by atoms with van der Waals surface area (Å²) >= 11 is 0. The van der Waals surface area contributed by atoms with E-state index < -0.39 is 6.09 Å². The normalized spacial score (nSPS) is 21.2. The first kappa shape index (κ1) is 15.0. The van der Waals surface area contributed by atoms with Crippen LogP contribution in [0.1, 0.15) is 28.8 Å². The lowest BCUT2D eigenvalue weighted by atomic mass is 9.72. The van der Waals surface area contributed by atoms with Crippen molar-refractivity contribution in [3.63, 3.8) is 0 Å². The van der Waals surface area contributed by atoms with Crippen LogP contribution in [0.25, 0.3) is 0 Å². The Balaban J connectivity index is 1.39. The summed E-state index contributed by atoms with van der Waals surface area (Å²) in [5.74, 6) is -0.0621. The number of fused-ring (bicyclic) bond motifs is 1. The Morgan fingerprint density at radius 2 is 1.83 bits per heavy atom. The molecule has 0 atom stereocenters. The predicted molar refractivity (Wildman–Crippen MR) is 85.9 cm³/mol. The van der Waals surface area contributed by atoms with Crippen molar-refractivity contribution in [1.29, 1.82) is 0 Å². The second kappa shape index (κ2) is 5.22. The second-order valence-corrected chi connectivity index (χ2v) is 7.03. The topological polar surface area (TPSA) is 90.0 Å². The number of rotatable bonds is 1. The number of hydrogen-bond acceptors (Lipinski definition) is 3. The average molecular weight is 329 g/mol. The van der Waals surface area contributed by atoms with Crippen LogP contribution in [0.3, 0.4) is 0 Å². The Labute approximate surface area is 139 Å². The Morgan fingerprint density at radius 1 is 1.12 bits per heavy atom. The van der Waals surface area contributed by atoms with Crippen molar-refractivity contribution in [3.8, 4) is 0 Å². The van der Waals surface area contributed by atoms with Gasteiger partial charge in [0.15, 0.2) is 0 Å². The van der Waals surface area contributed by atoms with Gasteiger partial charge in [0, 0.05) is 42.8 Å². The number of nitrogens with one attached hydrogen (secondary N) is 1. The lowest BCUT2D eigenvalue weighted by Crippen LogP contribution is -2.62. The number of carboxylic acid groups (broad SMARTS) is 1. The zero-order valence-electron chi connectivity index (χ0n) is 13.2. The molecule has 1 aromatic carbocycles. The smallest absolute Gasteiger partial charge is 0.407 e. The van der Waals surface area contributed by atoms with Gasteiger partial charge in [-0.2, -0.15) is 0 Å². The Morgan fingerprint density at radius 3 is 2.50 bits per heavy atom. The maximum atomic E-state index is 12.6. The molecular formula is C17H19N3O4. The number of piperidine rings is 1. The van der Waals surface area contributed by atoms with E-state index in [0.717, 1.165) is 24.1 Å². The maximum absolute atomic E-state index is 12.6. The van der Waals surface area contributed by atoms with Gasteiger partial charge in [0.25, 0.3) is 5.91 Å². The molecule has 3 aliphatic rings. The molecule has 1 spiro atoms. The molecule has 0 bridgehead atoms. The molecule has 3 aliphatic heterocycles. The lowest BCUT2D eigenvalue weighted by molar-refractivity contribution is -0.115. The SMILES string of the molecule is O=C1Cc2ccc(C(=O)N3CC4(CCN(C(=O)O)CC4)C3)cc2N1. The molecule has 0 aliphatic carbocycles. The minimum absolute atomic E-state index is 0.0229. The monoisotopic (exact) mass is 329 g/mol. The average Bonchev–Trinajstić information content (AvgIpc) is 2.91. The van der Waals surface area contributed by atoms with Gasteiger partial charge in [0.1, 0.15) is 0 Å². The van der Waals surface area contributed by atoms with Gasteiger partial charge in [-0.05, 0) is 30.5 Å². The molecule has 24 heavy (non-hydrogen) atoms. The molecule has 2 N–H and O–H groups in total. The van der Waals surface area contributed by atoms with E-state index >= 15 is 0 Å². The number of carbonyl (C=O) groups excluding carboxylic acids is 2. The van der Waals surface area contributed by atoms with Crippen molar-refractivity contribution < 1.29 is 19.5 Å². The quantitative estimate of drug-likeness (QED) is 0.815. The van der Waals surface area contributed by atoms with Crippen LogP contribution in [0.2, 0.25) is 0 Å². The number of amides is 3. The molecule has 0 unspecified atom stereocenters. The van der Waals surface area contributed by atoms with Gasteiger partial charge < -0.3 is 20.2 Å². The summed E-state index contributed by atoms with van der Waals surface area (Å²) in [4.78, 5) is 38.3. The van der Waals surface area contributed by atoms with Gasteiger partial charge in [-0.15, -0.1) is 0 Å². The summed E-state index contributed by atoms with van der Waals surface area (Å²) in [6, 6.07) is 5.36. The van der Waals surface area contributed by atoms with Crippen molar-refractivity contribution in [2.75, 3.05) is 31.5 Å². The zero-order valence-corrected chi connectivity index (χ0v) is 13.2. The molecule has 3 amide bonds. The first-order valence-electron chi connectivity index (χ1n) is 8.16. The summed E-state index contributed by atoms with van der Waals surface area (Å²) in [5.41, 5.74) is 2.33. The highest BCUT2D eigenvalue weighted by atomic mass is 16.4. The highest BCUT2D eigenvalue weighted by Crippen LogP contribution is 2.41. The van der Waals surface area contributed by atoms with Crippen LogP contribution >= 0.6 is 0 Å². The third-order valence-electron chi connectivity index (χ3n) is 5.42. The molecule has 0 saturated carbocycles. The van der Waals surface area contributed by atoms with Gasteiger partial charge in [-0.25, -0.2) is 4.79 Å². The van der Waals surface area contributed by atoms with Crippen molar-refractivity contribution in [2.24, 2.45) is 5.41 Å². The van der Waals surface area contributed by atoms with E-state index in [-0.39, 0.29) is 17.2 Å². The van der Waals surface area contributed by atoms with Crippen molar-refractivity contribution >= 4 is 23.6 Å². The summed E-state index contributed by atoms with van der Waals surface area (Å²) in [5, 5.41) is 11.8. The minimum Gasteiger partial charge on any atom is -0.465 e. The molecule has 0 radical (unpaired) electrons. The predicted octanol–water partition coefficient (Wildman–Crippen LogP) is 1.40. The van der Waals surface area contributed by atoms with Gasteiger partial charge in [-0.1, -0.05) is 6.07 Å². The van der Waals surface area contributed by atoms with Crippen molar-refractivity contribution in [3.05, 3.63) is 29.3 Å². The van der Waals surface area contributed by atoms with E-state index in [9.17, 15) is 14.4 Å². The molecular weight excluding hydrogens is 310 g/mol. The van der Waals surface area contributed by atoms with E-state index in [1.54, 1.807) is 12.1 Å². The fraction of sp³-hybridized carbons (Fsp3) is 0.471. The molecule has 1 aromatic rings. The zero-order chi connectivity index (χ0) is 16.9. The molecule has 4 rings (SSSR count). The largest absolute Gasteiger partial charge is 0.465 e. The van der Waals surface area contributed by atoms with Crippen LogP contribution in [0, 0.1) is 5.41 Å². The summed E-state index contributed by atoms with van der Waals surface area (Å²) in [6.07, 6.45) is 1.13. The second-order valence-electron chi connectivity index (χ2n) is 7.03. The Bertz CT molecular complexity index is 729. The van der Waals surface area contributed by atoms with Crippen LogP contribution in [-0.4, -0.2) is 59.0 Å². The molecule has 2 fully saturated rings. The summed E-state index contributed by atoms with van der Waals surface area (Å²) < 4.78 is 0. The molecule has 3 heterocycles.